The van der Waals surface area contributed by atoms with Gasteiger partial charge in [-0.3, -0.25) is 19.2 Å². The number of carbonyl (C=O) groups excluding carboxylic acids is 4. The van der Waals surface area contributed by atoms with Crippen molar-refractivity contribution in [3.05, 3.63) is 0 Å². The van der Waals surface area contributed by atoms with Gasteiger partial charge in [-0.25, -0.2) is 0 Å². The Morgan fingerprint density at radius 3 is 2.19 bits per heavy atom. The molecule has 0 saturated heterocycles. The molecule has 1 atom stereocenters. The van der Waals surface area contributed by atoms with Gasteiger partial charge in [0, 0.05) is 13.3 Å². The number of rotatable bonds is 9. The Morgan fingerprint density at radius 2 is 1.71 bits per heavy atom. The third-order valence-electron chi connectivity index (χ3n) is 2.70. The summed E-state index contributed by atoms with van der Waals surface area (Å²) in [4.78, 5) is 45.4. The van der Waals surface area contributed by atoms with Gasteiger partial charge in [0.2, 0.25) is 11.8 Å². The van der Waals surface area contributed by atoms with Crippen LogP contribution in [0.1, 0.15) is 40.0 Å². The van der Waals surface area contributed by atoms with E-state index < -0.39 is 17.9 Å². The van der Waals surface area contributed by atoms with Gasteiger partial charge >= 0.3 is 5.97 Å². The summed E-state index contributed by atoms with van der Waals surface area (Å²) in [5.74, 6) is -1.20. The van der Waals surface area contributed by atoms with Crippen molar-refractivity contribution in [1.82, 2.24) is 10.6 Å². The summed E-state index contributed by atoms with van der Waals surface area (Å²) in [6.45, 7) is 5.04. The summed E-state index contributed by atoms with van der Waals surface area (Å²) in [6.07, 6.45) is 0.496. The number of ketones is 1. The molecule has 7 heteroatoms. The number of hydrogen-bond donors (Lipinski definition) is 2. The SMILES string of the molecule is COC(=O)CCC(=O)CNC(=O)[C@@H](CC(C)C)NC(C)=O. The average molecular weight is 300 g/mol. The van der Waals surface area contributed by atoms with Crippen LogP contribution in [0.2, 0.25) is 0 Å². The quantitative estimate of drug-likeness (QED) is 0.591. The zero-order valence-electron chi connectivity index (χ0n) is 13.0. The fourth-order valence-electron chi connectivity index (χ4n) is 1.69. The summed E-state index contributed by atoms with van der Waals surface area (Å²) < 4.78 is 4.43. The van der Waals surface area contributed by atoms with Gasteiger partial charge < -0.3 is 15.4 Å². The Hall–Kier alpha value is -1.92. The Balaban J connectivity index is 4.26. The van der Waals surface area contributed by atoms with Crippen molar-refractivity contribution >= 4 is 23.6 Å². The number of esters is 1. The molecule has 21 heavy (non-hydrogen) atoms. The van der Waals surface area contributed by atoms with Crippen LogP contribution in [0.3, 0.4) is 0 Å². The van der Waals surface area contributed by atoms with Crippen molar-refractivity contribution in [2.75, 3.05) is 13.7 Å². The maximum atomic E-state index is 11.9. The lowest BCUT2D eigenvalue weighted by Gasteiger charge is -2.19. The number of methoxy groups -OCH3 is 1. The molecule has 0 saturated carbocycles. The number of hydrogen-bond acceptors (Lipinski definition) is 5. The Morgan fingerprint density at radius 1 is 1.10 bits per heavy atom. The molecule has 0 aromatic carbocycles. The zero-order valence-corrected chi connectivity index (χ0v) is 13.0. The molecule has 0 rings (SSSR count). The standard InChI is InChI=1S/C14H24N2O5/c1-9(2)7-12(16-10(3)17)14(20)15-8-11(18)5-6-13(19)21-4/h9,12H,5-8H2,1-4H3,(H,15,20)(H,16,17)/t12-/m1/s1. The highest BCUT2D eigenvalue weighted by Gasteiger charge is 2.21. The first kappa shape index (κ1) is 19.1. The number of nitrogens with one attached hydrogen (secondary N) is 2. The van der Waals surface area contributed by atoms with Crippen molar-refractivity contribution in [3.8, 4) is 0 Å². The maximum Gasteiger partial charge on any atom is 0.305 e. The second-order valence-corrected chi connectivity index (χ2v) is 5.22. The van der Waals surface area contributed by atoms with Crippen LogP contribution in [-0.2, 0) is 23.9 Å². The van der Waals surface area contributed by atoms with Gasteiger partial charge in [0.25, 0.3) is 0 Å². The highest BCUT2D eigenvalue weighted by molar-refractivity contribution is 5.91. The monoisotopic (exact) mass is 300 g/mol. The van der Waals surface area contributed by atoms with Gasteiger partial charge in [-0.1, -0.05) is 13.8 Å². The topological polar surface area (TPSA) is 102 Å². The summed E-state index contributed by atoms with van der Waals surface area (Å²) >= 11 is 0. The highest BCUT2D eigenvalue weighted by atomic mass is 16.5. The number of carbonyl (C=O) groups is 4. The van der Waals surface area contributed by atoms with Crippen LogP contribution in [-0.4, -0.2) is 43.3 Å². The van der Waals surface area contributed by atoms with Crippen molar-refractivity contribution in [3.63, 3.8) is 0 Å². The van der Waals surface area contributed by atoms with Crippen molar-refractivity contribution in [2.24, 2.45) is 5.92 Å². The summed E-state index contributed by atoms with van der Waals surface area (Å²) in [5, 5.41) is 5.04. The van der Waals surface area contributed by atoms with E-state index in [1.807, 2.05) is 13.8 Å². The second kappa shape index (κ2) is 9.90. The molecule has 0 aromatic rings. The first-order valence-electron chi connectivity index (χ1n) is 6.89. The summed E-state index contributed by atoms with van der Waals surface area (Å²) in [7, 11) is 1.25. The molecule has 120 valence electrons. The minimum Gasteiger partial charge on any atom is -0.469 e. The molecule has 0 aliphatic rings. The van der Waals surface area contributed by atoms with Crippen LogP contribution in [0.5, 0.6) is 0 Å². The average Bonchev–Trinajstić information content (AvgIpc) is 2.40. The van der Waals surface area contributed by atoms with Crippen LogP contribution in [0, 0.1) is 5.92 Å². The molecule has 0 heterocycles. The van der Waals surface area contributed by atoms with Crippen molar-refractivity contribution in [2.45, 2.75) is 46.1 Å². The van der Waals surface area contributed by atoms with Gasteiger partial charge in [0.15, 0.2) is 5.78 Å². The third-order valence-corrected chi connectivity index (χ3v) is 2.70. The molecule has 0 aromatic heterocycles. The van der Waals surface area contributed by atoms with E-state index in [0.717, 1.165) is 0 Å². The van der Waals surface area contributed by atoms with Crippen LogP contribution in [0.15, 0.2) is 0 Å². The lowest BCUT2D eigenvalue weighted by atomic mass is 10.0. The maximum absolute atomic E-state index is 11.9. The van der Waals surface area contributed by atoms with Gasteiger partial charge in [0.05, 0.1) is 20.1 Å². The van der Waals surface area contributed by atoms with Crippen LogP contribution >= 0.6 is 0 Å². The third kappa shape index (κ3) is 9.59. The van der Waals surface area contributed by atoms with Crippen molar-refractivity contribution in [1.29, 1.82) is 0 Å². The molecule has 2 amide bonds. The Kier molecular flexibility index (Phi) is 9.00. The van der Waals surface area contributed by atoms with E-state index in [0.29, 0.717) is 6.42 Å². The minimum absolute atomic E-state index is 0.00762. The van der Waals surface area contributed by atoms with E-state index >= 15 is 0 Å². The van der Waals surface area contributed by atoms with Crippen LogP contribution in [0.25, 0.3) is 0 Å². The molecule has 0 radical (unpaired) electrons. The lowest BCUT2D eigenvalue weighted by Crippen LogP contribution is -2.47. The largest absolute Gasteiger partial charge is 0.469 e. The molecule has 7 nitrogen and oxygen atoms in total. The molecule has 0 unspecified atom stereocenters. The smallest absolute Gasteiger partial charge is 0.305 e. The lowest BCUT2D eigenvalue weighted by molar-refractivity contribution is -0.141. The van der Waals surface area contributed by atoms with E-state index in [9.17, 15) is 19.2 Å². The van der Waals surface area contributed by atoms with E-state index in [4.69, 9.17) is 0 Å². The van der Waals surface area contributed by atoms with Gasteiger partial charge in [-0.15, -0.1) is 0 Å². The fraction of sp³-hybridized carbons (Fsp3) is 0.714. The van der Waals surface area contributed by atoms with E-state index in [1.54, 1.807) is 0 Å². The van der Waals surface area contributed by atoms with Gasteiger partial charge in [-0.2, -0.15) is 0 Å². The summed E-state index contributed by atoms with van der Waals surface area (Å²) in [6, 6.07) is -0.657. The fourth-order valence-corrected chi connectivity index (χ4v) is 1.69. The Bertz CT molecular complexity index is 393. The van der Waals surface area contributed by atoms with E-state index in [-0.39, 0.29) is 37.0 Å². The predicted octanol–water partition coefficient (Wildman–Crippen LogP) is 0.176. The second-order valence-electron chi connectivity index (χ2n) is 5.22. The summed E-state index contributed by atoms with van der Waals surface area (Å²) in [5.41, 5.74) is 0. The molecule has 0 spiro atoms. The van der Waals surface area contributed by atoms with Crippen molar-refractivity contribution < 1.29 is 23.9 Å². The molecule has 0 fully saturated rings. The van der Waals surface area contributed by atoms with Gasteiger partial charge in [-0.05, 0) is 12.3 Å². The number of Topliss-reactive ketones (excluding diaryl/α,β-unsaturated/α-hetero) is 1. The predicted molar refractivity (Wildman–Crippen MR) is 76.3 cm³/mol. The first-order valence-corrected chi connectivity index (χ1v) is 6.89. The first-order chi connectivity index (χ1) is 9.76. The van der Waals surface area contributed by atoms with E-state index in [2.05, 4.69) is 15.4 Å². The molecule has 2 N–H and O–H groups in total. The molecule has 0 bridgehead atoms. The van der Waals surface area contributed by atoms with Gasteiger partial charge in [0.1, 0.15) is 6.04 Å². The minimum atomic E-state index is -0.657. The van der Waals surface area contributed by atoms with Crippen LogP contribution < -0.4 is 10.6 Å². The molecular formula is C14H24N2O5. The van der Waals surface area contributed by atoms with E-state index in [1.165, 1.54) is 14.0 Å². The normalized spacial score (nSPS) is 11.7. The molecule has 0 aliphatic heterocycles. The number of amides is 2. The molecule has 0 aliphatic carbocycles. The highest BCUT2D eigenvalue weighted by Crippen LogP contribution is 2.05. The number of ether oxygens (including phenoxy) is 1. The zero-order chi connectivity index (χ0) is 16.4. The van der Waals surface area contributed by atoms with Crippen LogP contribution in [0.4, 0.5) is 0 Å². The molecular weight excluding hydrogens is 276 g/mol. The Labute approximate surface area is 124 Å².